The van der Waals surface area contributed by atoms with Gasteiger partial charge >= 0.3 is 12.1 Å². The number of carboxylic acid groups (broad SMARTS) is 1. The molecule has 1 amide bonds. The second-order valence-corrected chi connectivity index (χ2v) is 12.6. The minimum absolute atomic E-state index is 0.220. The van der Waals surface area contributed by atoms with Crippen molar-refractivity contribution >= 4 is 30.1 Å². The molecule has 0 rings (SSSR count). The van der Waals surface area contributed by atoms with E-state index in [4.69, 9.17) is 8.85 Å². The minimum Gasteiger partial charge on any atom is -0.465 e. The monoisotopic (exact) mass is 333 g/mol. The Balaban J connectivity index is 4.95. The van der Waals surface area contributed by atoms with Gasteiger partial charge in [0.05, 0.1) is 5.67 Å². The van der Waals surface area contributed by atoms with Crippen LogP contribution in [0.2, 0.25) is 19.6 Å². The molecule has 0 saturated carbocycles. The van der Waals surface area contributed by atoms with Crippen LogP contribution in [-0.2, 0) is 13.6 Å². The summed E-state index contributed by atoms with van der Waals surface area (Å²) in [5.41, 5.74) is 0.0259. The van der Waals surface area contributed by atoms with Gasteiger partial charge in [0.1, 0.15) is 0 Å². The van der Waals surface area contributed by atoms with Crippen LogP contribution in [0.4, 0.5) is 4.79 Å². The van der Waals surface area contributed by atoms with Gasteiger partial charge in [0.2, 0.25) is 0 Å². The number of esters is 1. The van der Waals surface area contributed by atoms with Gasteiger partial charge in [0.25, 0.3) is 0 Å². The molecule has 6 nitrogen and oxygen atoms in total. The number of hydrogen-bond donors (Lipinski definition) is 1. The largest absolute Gasteiger partial charge is 0.465 e. The van der Waals surface area contributed by atoms with Crippen molar-refractivity contribution in [2.75, 3.05) is 0 Å². The highest BCUT2D eigenvalue weighted by Crippen LogP contribution is 2.14. The first kappa shape index (κ1) is 19.9. The van der Waals surface area contributed by atoms with E-state index in [1.807, 2.05) is 6.92 Å². The molecule has 2 unspecified atom stereocenters. The summed E-state index contributed by atoms with van der Waals surface area (Å²) in [7, 11) is -2.75. The first-order chi connectivity index (χ1) is 9.49. The van der Waals surface area contributed by atoms with Crippen LogP contribution in [0, 0.1) is 0 Å². The van der Waals surface area contributed by atoms with Gasteiger partial charge in [-0.05, 0) is 39.9 Å². The first-order valence-electron chi connectivity index (χ1n) is 7.01. The molecule has 1 N–H and O–H groups in total. The van der Waals surface area contributed by atoms with Gasteiger partial charge in [0, 0.05) is 5.57 Å². The second kappa shape index (κ2) is 8.35. The first-order valence-corrected chi connectivity index (χ1v) is 11.8. The highest BCUT2D eigenvalue weighted by atomic mass is 28.4. The molecule has 2 atom stereocenters. The van der Waals surface area contributed by atoms with Gasteiger partial charge < -0.3 is 14.0 Å². The Morgan fingerprint density at radius 2 is 1.90 bits per heavy atom. The van der Waals surface area contributed by atoms with Crippen LogP contribution < -0.4 is 0 Å². The molecule has 0 aromatic heterocycles. The van der Waals surface area contributed by atoms with Gasteiger partial charge in [-0.15, -0.1) is 0 Å². The fourth-order valence-corrected chi connectivity index (χ4v) is 5.28. The topological polar surface area (TPSA) is 76.1 Å². The lowest BCUT2D eigenvalue weighted by atomic mass is 10.3. The Morgan fingerprint density at radius 3 is 2.24 bits per heavy atom. The summed E-state index contributed by atoms with van der Waals surface area (Å²) < 4.78 is 11.1. The van der Waals surface area contributed by atoms with Crippen LogP contribution in [0.5, 0.6) is 0 Å². The maximum Gasteiger partial charge on any atom is 0.410 e. The summed E-state index contributed by atoms with van der Waals surface area (Å²) in [5.74, 6) is -0.587. The Kier molecular flexibility index (Phi) is 7.90. The van der Waals surface area contributed by atoms with Crippen molar-refractivity contribution < 1.29 is 23.5 Å². The Labute approximate surface area is 130 Å². The number of rotatable bonds is 8. The molecule has 0 saturated heterocycles. The number of carbonyl (C=O) groups is 2. The quantitative estimate of drug-likeness (QED) is 0.319. The van der Waals surface area contributed by atoms with Crippen LogP contribution in [0.1, 0.15) is 27.2 Å². The predicted molar refractivity (Wildman–Crippen MR) is 87.3 cm³/mol. The highest BCUT2D eigenvalue weighted by Gasteiger charge is 2.31. The smallest absolute Gasteiger partial charge is 0.410 e. The maximum absolute atomic E-state index is 11.6. The molecule has 0 bridgehead atoms. The molecule has 0 aliphatic rings. The molecule has 0 aliphatic heterocycles. The van der Waals surface area contributed by atoms with Crippen molar-refractivity contribution in [3.8, 4) is 0 Å². The van der Waals surface area contributed by atoms with Crippen molar-refractivity contribution in [1.82, 2.24) is 4.90 Å². The third-order valence-corrected chi connectivity index (χ3v) is 8.30. The van der Waals surface area contributed by atoms with Crippen LogP contribution in [-0.4, -0.2) is 52.0 Å². The van der Waals surface area contributed by atoms with E-state index in [2.05, 4.69) is 26.2 Å². The SMILES string of the molecule is C=C(C)C(=O)OC(C)N(C(=O)O)C(CC)[SiH2]O[Si](C)(C)C. The summed E-state index contributed by atoms with van der Waals surface area (Å²) >= 11 is 0. The average molecular weight is 334 g/mol. The number of carbonyl (C=O) groups excluding carboxylic acids is 1. The minimum atomic E-state index is -1.68. The molecule has 0 aromatic carbocycles. The lowest BCUT2D eigenvalue weighted by Crippen LogP contribution is -2.51. The van der Waals surface area contributed by atoms with E-state index in [1.165, 1.54) is 11.8 Å². The summed E-state index contributed by atoms with van der Waals surface area (Å²) in [6.45, 7) is 14.7. The standard InChI is InChI=1S/C13H27NO5Si2/c1-8-11(20-19-21(5,6)7)14(13(16)17)10(4)18-12(15)9(2)3/h10-11H,2,8,20H2,1,3-7H3,(H,16,17). The average Bonchev–Trinajstić information content (AvgIpc) is 2.31. The molecule has 0 fully saturated rings. The normalized spacial score (nSPS) is 14.8. The van der Waals surface area contributed by atoms with Crippen molar-refractivity contribution in [3.63, 3.8) is 0 Å². The van der Waals surface area contributed by atoms with Crippen LogP contribution in [0.25, 0.3) is 0 Å². The van der Waals surface area contributed by atoms with Crippen molar-refractivity contribution in [3.05, 3.63) is 12.2 Å². The summed E-state index contributed by atoms with van der Waals surface area (Å²) in [4.78, 5) is 24.2. The van der Waals surface area contributed by atoms with Crippen LogP contribution in [0.15, 0.2) is 12.2 Å². The van der Waals surface area contributed by atoms with Crippen LogP contribution >= 0.6 is 0 Å². The Bertz CT molecular complexity index is 395. The van der Waals surface area contributed by atoms with Gasteiger partial charge in [0.15, 0.2) is 24.3 Å². The zero-order valence-electron chi connectivity index (χ0n) is 13.8. The van der Waals surface area contributed by atoms with E-state index < -0.39 is 36.4 Å². The molecular formula is C13H27NO5Si2. The summed E-state index contributed by atoms with van der Waals surface area (Å²) in [6, 6.07) is 0. The van der Waals surface area contributed by atoms with Crippen molar-refractivity contribution in [2.45, 2.75) is 58.7 Å². The fourth-order valence-electron chi connectivity index (χ4n) is 1.66. The predicted octanol–water partition coefficient (Wildman–Crippen LogP) is 2.10. The van der Waals surface area contributed by atoms with E-state index in [0.29, 0.717) is 6.42 Å². The zero-order valence-corrected chi connectivity index (χ0v) is 16.2. The fraction of sp³-hybridized carbons (Fsp3) is 0.692. The molecule has 122 valence electrons. The van der Waals surface area contributed by atoms with Gasteiger partial charge in [-0.3, -0.25) is 4.90 Å². The van der Waals surface area contributed by atoms with Gasteiger partial charge in [-0.2, -0.15) is 0 Å². The maximum atomic E-state index is 11.6. The third-order valence-electron chi connectivity index (χ3n) is 2.81. The molecule has 0 aliphatic carbocycles. The van der Waals surface area contributed by atoms with Gasteiger partial charge in [-0.1, -0.05) is 13.5 Å². The Morgan fingerprint density at radius 1 is 1.38 bits per heavy atom. The zero-order chi connectivity index (χ0) is 16.8. The second-order valence-electron chi connectivity index (χ2n) is 5.96. The molecule has 0 spiro atoms. The van der Waals surface area contributed by atoms with E-state index in [9.17, 15) is 14.7 Å². The Hall–Kier alpha value is -1.13. The van der Waals surface area contributed by atoms with E-state index in [-0.39, 0.29) is 11.2 Å². The van der Waals surface area contributed by atoms with Crippen LogP contribution in [0.3, 0.4) is 0 Å². The number of hydrogen-bond acceptors (Lipinski definition) is 4. The molecular weight excluding hydrogens is 306 g/mol. The number of ether oxygens (including phenoxy) is 1. The van der Waals surface area contributed by atoms with Gasteiger partial charge in [-0.25, -0.2) is 9.59 Å². The lowest BCUT2D eigenvalue weighted by Gasteiger charge is -2.34. The molecule has 8 heteroatoms. The van der Waals surface area contributed by atoms with E-state index in [0.717, 1.165) is 0 Å². The molecule has 0 radical (unpaired) electrons. The highest BCUT2D eigenvalue weighted by molar-refractivity contribution is 6.74. The number of nitrogens with zero attached hydrogens (tertiary/aromatic N) is 1. The van der Waals surface area contributed by atoms with Crippen molar-refractivity contribution in [1.29, 1.82) is 0 Å². The lowest BCUT2D eigenvalue weighted by molar-refractivity contribution is -0.151. The molecule has 21 heavy (non-hydrogen) atoms. The van der Waals surface area contributed by atoms with E-state index in [1.54, 1.807) is 6.92 Å². The summed E-state index contributed by atoms with van der Waals surface area (Å²) in [5, 5.41) is 9.42. The van der Waals surface area contributed by atoms with Crippen molar-refractivity contribution in [2.24, 2.45) is 0 Å². The molecule has 0 heterocycles. The third kappa shape index (κ3) is 7.44. The summed E-state index contributed by atoms with van der Waals surface area (Å²) in [6.07, 6.45) is -1.32. The number of amides is 1. The molecule has 0 aromatic rings. The van der Waals surface area contributed by atoms with E-state index >= 15 is 0 Å².